The van der Waals surface area contributed by atoms with Gasteiger partial charge in [0.25, 0.3) is 11.5 Å². The molecular weight excluding hydrogens is 492 g/mol. The lowest BCUT2D eigenvalue weighted by molar-refractivity contribution is -0.153. The average molecular weight is 527 g/mol. The van der Waals surface area contributed by atoms with E-state index in [2.05, 4.69) is 10.3 Å². The maximum Gasteiger partial charge on any atom is 0.330 e. The number of hydrogen-bond donors (Lipinski definition) is 3. The highest BCUT2D eigenvalue weighted by Crippen LogP contribution is 2.21. The molecule has 0 saturated carbocycles. The van der Waals surface area contributed by atoms with Gasteiger partial charge >= 0.3 is 11.7 Å². The van der Waals surface area contributed by atoms with Gasteiger partial charge in [-0.25, -0.2) is 4.79 Å². The zero-order valence-corrected chi connectivity index (χ0v) is 22.2. The normalized spacial score (nSPS) is 11.6. The van der Waals surface area contributed by atoms with Crippen molar-refractivity contribution in [3.8, 4) is 6.07 Å². The summed E-state index contributed by atoms with van der Waals surface area (Å²) in [5, 5.41) is 11.5. The van der Waals surface area contributed by atoms with E-state index in [1.54, 1.807) is 18.2 Å². The summed E-state index contributed by atoms with van der Waals surface area (Å²) in [6.07, 6.45) is -1.82. The smallest absolute Gasteiger partial charge is 0.330 e. The summed E-state index contributed by atoms with van der Waals surface area (Å²) in [5.41, 5.74) is 5.30. The van der Waals surface area contributed by atoms with Crippen molar-refractivity contribution in [1.82, 2.24) is 9.55 Å². The first-order chi connectivity index (χ1) is 17.8. The van der Waals surface area contributed by atoms with Crippen molar-refractivity contribution >= 4 is 35.0 Å². The highest BCUT2D eigenvalue weighted by molar-refractivity contribution is 5.98. The molecule has 0 aliphatic rings. The van der Waals surface area contributed by atoms with E-state index in [0.717, 1.165) is 0 Å². The number of aromatic nitrogens is 2. The fraction of sp³-hybridized carbons (Fsp3) is 0.462. The van der Waals surface area contributed by atoms with Crippen LogP contribution in [0.5, 0.6) is 0 Å². The fourth-order valence-electron chi connectivity index (χ4n) is 3.63. The number of amides is 2. The average Bonchev–Trinajstić information content (AvgIpc) is 2.84. The zero-order valence-electron chi connectivity index (χ0n) is 22.2. The lowest BCUT2D eigenvalue weighted by atomic mass is 10.1. The SMILES string of the molecule is CC(C)CN(C(=O)CCC(=O)O[C@H](C)C(=O)Nc1cccc(C#N)c1)c1c(N)n(CC(C)C)c(=O)[nH]c1=O. The number of aromatic amines is 1. The second kappa shape index (κ2) is 13.2. The van der Waals surface area contributed by atoms with Crippen molar-refractivity contribution in [2.75, 3.05) is 22.5 Å². The van der Waals surface area contributed by atoms with Crippen LogP contribution < -0.4 is 27.2 Å². The standard InChI is InChI=1S/C26H34N6O6/c1-15(2)13-31(22-23(28)32(14-16(3)4)26(37)30-25(22)36)20(33)9-10-21(34)38-17(5)24(35)29-19-8-6-7-18(11-19)12-27/h6-8,11,15-17H,9-10,13-14,28H2,1-5H3,(H,29,35)(H,30,36,37)/t17-/m1/s1. The second-order valence-corrected chi connectivity index (χ2v) is 9.71. The van der Waals surface area contributed by atoms with E-state index in [4.69, 9.17) is 15.7 Å². The minimum absolute atomic E-state index is 0.0484. The number of anilines is 3. The van der Waals surface area contributed by atoms with Gasteiger partial charge in [-0.15, -0.1) is 0 Å². The molecule has 0 spiro atoms. The Bertz CT molecular complexity index is 1340. The van der Waals surface area contributed by atoms with Crippen molar-refractivity contribution in [2.24, 2.45) is 11.8 Å². The lowest BCUT2D eigenvalue weighted by Crippen LogP contribution is -2.43. The second-order valence-electron chi connectivity index (χ2n) is 9.71. The molecule has 0 saturated heterocycles. The Morgan fingerprint density at radius 2 is 1.82 bits per heavy atom. The van der Waals surface area contributed by atoms with Crippen LogP contribution in [-0.2, 0) is 25.7 Å². The van der Waals surface area contributed by atoms with Crippen LogP contribution in [0.2, 0.25) is 0 Å². The number of hydrogen-bond acceptors (Lipinski definition) is 8. The molecule has 0 radical (unpaired) electrons. The summed E-state index contributed by atoms with van der Waals surface area (Å²) in [6.45, 7) is 9.19. The molecule has 204 valence electrons. The third-order valence-electron chi connectivity index (χ3n) is 5.36. The Morgan fingerprint density at radius 1 is 1.13 bits per heavy atom. The van der Waals surface area contributed by atoms with Crippen molar-refractivity contribution in [3.63, 3.8) is 0 Å². The van der Waals surface area contributed by atoms with Crippen LogP contribution in [-0.4, -0.2) is 40.0 Å². The highest BCUT2D eigenvalue weighted by atomic mass is 16.5. The molecule has 1 aromatic heterocycles. The molecule has 0 aliphatic heterocycles. The minimum atomic E-state index is -1.16. The van der Waals surface area contributed by atoms with Crippen LogP contribution >= 0.6 is 0 Å². The number of nitrogens with zero attached hydrogens (tertiary/aromatic N) is 3. The van der Waals surface area contributed by atoms with E-state index in [1.807, 2.05) is 33.8 Å². The molecule has 38 heavy (non-hydrogen) atoms. The summed E-state index contributed by atoms with van der Waals surface area (Å²) in [6, 6.07) is 8.22. The fourth-order valence-corrected chi connectivity index (χ4v) is 3.63. The number of nitrogens with two attached hydrogens (primary N) is 1. The van der Waals surface area contributed by atoms with Gasteiger partial charge in [0.1, 0.15) is 5.82 Å². The Balaban J connectivity index is 2.12. The van der Waals surface area contributed by atoms with Crippen LogP contribution in [0.25, 0.3) is 0 Å². The lowest BCUT2D eigenvalue weighted by Gasteiger charge is -2.26. The Hall–Kier alpha value is -4.40. The van der Waals surface area contributed by atoms with Gasteiger partial charge in [-0.1, -0.05) is 33.8 Å². The predicted molar refractivity (Wildman–Crippen MR) is 142 cm³/mol. The molecule has 4 N–H and O–H groups in total. The van der Waals surface area contributed by atoms with Gasteiger partial charge in [0.05, 0.1) is 18.1 Å². The molecule has 0 bridgehead atoms. The molecule has 1 heterocycles. The van der Waals surface area contributed by atoms with Crippen molar-refractivity contribution in [1.29, 1.82) is 5.26 Å². The van der Waals surface area contributed by atoms with Crippen LogP contribution in [0.4, 0.5) is 17.2 Å². The first-order valence-electron chi connectivity index (χ1n) is 12.3. The molecule has 12 heteroatoms. The summed E-state index contributed by atoms with van der Waals surface area (Å²) in [7, 11) is 0. The number of carbonyl (C=O) groups is 3. The topological polar surface area (TPSA) is 180 Å². The maximum absolute atomic E-state index is 13.1. The Kier molecular flexibility index (Phi) is 10.4. The number of nitrogen functional groups attached to an aromatic ring is 1. The number of rotatable bonds is 11. The summed E-state index contributed by atoms with van der Waals surface area (Å²) < 4.78 is 6.37. The number of H-pyrrole nitrogens is 1. The first kappa shape index (κ1) is 29.8. The number of nitrogens with one attached hydrogen (secondary N) is 2. The van der Waals surface area contributed by atoms with E-state index in [0.29, 0.717) is 11.3 Å². The third-order valence-corrected chi connectivity index (χ3v) is 5.36. The molecule has 12 nitrogen and oxygen atoms in total. The first-order valence-corrected chi connectivity index (χ1v) is 12.3. The molecule has 2 rings (SSSR count). The van der Waals surface area contributed by atoms with E-state index in [9.17, 15) is 24.0 Å². The van der Waals surface area contributed by atoms with E-state index in [-0.39, 0.29) is 49.3 Å². The van der Waals surface area contributed by atoms with Crippen molar-refractivity contribution in [3.05, 3.63) is 50.7 Å². The number of carbonyl (C=O) groups excluding carboxylic acids is 3. The van der Waals surface area contributed by atoms with Gasteiger partial charge in [-0.2, -0.15) is 5.26 Å². The summed E-state index contributed by atoms with van der Waals surface area (Å²) in [5.74, 6) is -2.09. The quantitative estimate of drug-likeness (QED) is 0.372. The molecule has 0 unspecified atom stereocenters. The van der Waals surface area contributed by atoms with E-state index >= 15 is 0 Å². The number of ether oxygens (including phenoxy) is 1. The van der Waals surface area contributed by atoms with E-state index < -0.39 is 35.1 Å². The zero-order chi connectivity index (χ0) is 28.6. The largest absolute Gasteiger partial charge is 0.453 e. The van der Waals surface area contributed by atoms with Gasteiger partial charge in [0, 0.05) is 25.2 Å². The number of benzene rings is 1. The maximum atomic E-state index is 13.1. The van der Waals surface area contributed by atoms with Crippen molar-refractivity contribution in [2.45, 2.75) is 60.1 Å². The van der Waals surface area contributed by atoms with Gasteiger partial charge in [-0.05, 0) is 37.0 Å². The summed E-state index contributed by atoms with van der Waals surface area (Å²) >= 11 is 0. The van der Waals surface area contributed by atoms with Crippen LogP contribution in [0.15, 0.2) is 33.9 Å². The van der Waals surface area contributed by atoms with Gasteiger partial charge in [-0.3, -0.25) is 28.7 Å². The van der Waals surface area contributed by atoms with Gasteiger partial charge in [0.2, 0.25) is 5.91 Å². The van der Waals surface area contributed by atoms with Crippen molar-refractivity contribution < 1.29 is 19.1 Å². The molecule has 0 fully saturated rings. The minimum Gasteiger partial charge on any atom is -0.453 e. The molecule has 1 atom stereocenters. The molecular formula is C26H34N6O6. The molecule has 2 aromatic rings. The van der Waals surface area contributed by atoms with Crippen LogP contribution in [0.1, 0.15) is 53.0 Å². The predicted octanol–water partition coefficient (Wildman–Crippen LogP) is 1.99. The van der Waals surface area contributed by atoms with Gasteiger partial charge in [0.15, 0.2) is 11.8 Å². The third kappa shape index (κ3) is 8.06. The summed E-state index contributed by atoms with van der Waals surface area (Å²) in [4.78, 5) is 66.3. The molecule has 0 aliphatic carbocycles. The van der Waals surface area contributed by atoms with E-state index in [1.165, 1.54) is 22.5 Å². The van der Waals surface area contributed by atoms with Crippen LogP contribution in [0.3, 0.4) is 0 Å². The van der Waals surface area contributed by atoms with Crippen LogP contribution in [0, 0.1) is 23.2 Å². The number of esters is 1. The Labute approximate surface area is 220 Å². The van der Waals surface area contributed by atoms with Gasteiger partial charge < -0.3 is 20.7 Å². The monoisotopic (exact) mass is 526 g/mol. The Morgan fingerprint density at radius 3 is 2.42 bits per heavy atom. The number of nitriles is 1. The highest BCUT2D eigenvalue weighted by Gasteiger charge is 2.26. The molecule has 1 aromatic carbocycles. The molecule has 2 amide bonds.